The number of carboxylic acid groups (broad SMARTS) is 1. The molecule has 0 spiro atoms. The molecule has 17 heavy (non-hydrogen) atoms. The van der Waals surface area contributed by atoms with Gasteiger partial charge in [0.15, 0.2) is 0 Å². The maximum Gasteiger partial charge on any atom is 0.319 e. The molecule has 0 aliphatic heterocycles. The Bertz CT molecular complexity index is 437. The van der Waals surface area contributed by atoms with E-state index in [1.54, 1.807) is 0 Å². The molecule has 0 heterocycles. The van der Waals surface area contributed by atoms with Gasteiger partial charge in [-0.05, 0) is 25.3 Å². The SMILES string of the molecule is CC(NC(=O)C1(C(=O)O)CC1)c1ccccc1. The largest absolute Gasteiger partial charge is 0.480 e. The molecular weight excluding hydrogens is 218 g/mol. The highest BCUT2D eigenvalue weighted by Gasteiger charge is 2.57. The van der Waals surface area contributed by atoms with Gasteiger partial charge >= 0.3 is 5.97 Å². The van der Waals surface area contributed by atoms with E-state index in [0.717, 1.165) is 5.56 Å². The Balaban J connectivity index is 2.03. The Labute approximate surface area is 99.6 Å². The Morgan fingerprint density at radius 1 is 1.29 bits per heavy atom. The summed E-state index contributed by atoms with van der Waals surface area (Å²) in [6.45, 7) is 1.85. The van der Waals surface area contributed by atoms with Crippen LogP contribution in [0, 0.1) is 5.41 Å². The molecule has 90 valence electrons. The van der Waals surface area contributed by atoms with Crippen LogP contribution in [0.2, 0.25) is 0 Å². The summed E-state index contributed by atoms with van der Waals surface area (Å²) in [5.41, 5.74) is -0.190. The van der Waals surface area contributed by atoms with E-state index < -0.39 is 11.4 Å². The minimum atomic E-state index is -1.16. The fourth-order valence-electron chi connectivity index (χ4n) is 1.82. The van der Waals surface area contributed by atoms with Crippen molar-refractivity contribution in [3.63, 3.8) is 0 Å². The third-order valence-electron chi connectivity index (χ3n) is 3.24. The lowest BCUT2D eigenvalue weighted by atomic mass is 10.0. The standard InChI is InChI=1S/C13H15NO3/c1-9(10-5-3-2-4-6-10)14-11(15)13(7-8-13)12(16)17/h2-6,9H,7-8H2,1H3,(H,14,15)(H,16,17). The van der Waals surface area contributed by atoms with Crippen LogP contribution in [0.25, 0.3) is 0 Å². The van der Waals surface area contributed by atoms with Crippen LogP contribution in [0.15, 0.2) is 30.3 Å². The highest BCUT2D eigenvalue weighted by molar-refractivity contribution is 6.04. The first-order chi connectivity index (χ1) is 8.06. The van der Waals surface area contributed by atoms with Gasteiger partial charge < -0.3 is 10.4 Å². The van der Waals surface area contributed by atoms with Gasteiger partial charge in [-0.1, -0.05) is 30.3 Å². The molecule has 0 saturated heterocycles. The molecule has 1 atom stereocenters. The molecule has 2 rings (SSSR count). The number of hydrogen-bond acceptors (Lipinski definition) is 2. The van der Waals surface area contributed by atoms with Gasteiger partial charge in [0.25, 0.3) is 0 Å². The Morgan fingerprint density at radius 2 is 1.88 bits per heavy atom. The quantitative estimate of drug-likeness (QED) is 0.778. The molecule has 1 saturated carbocycles. The van der Waals surface area contributed by atoms with Gasteiger partial charge in [-0.2, -0.15) is 0 Å². The molecule has 1 fully saturated rings. The second-order valence-electron chi connectivity index (χ2n) is 4.49. The second kappa shape index (κ2) is 4.20. The molecule has 0 bridgehead atoms. The van der Waals surface area contributed by atoms with E-state index in [4.69, 9.17) is 5.11 Å². The summed E-state index contributed by atoms with van der Waals surface area (Å²) < 4.78 is 0. The number of hydrogen-bond donors (Lipinski definition) is 2. The van der Waals surface area contributed by atoms with Crippen molar-refractivity contribution in [1.82, 2.24) is 5.32 Å². The van der Waals surface area contributed by atoms with Crippen molar-refractivity contribution in [3.8, 4) is 0 Å². The zero-order valence-corrected chi connectivity index (χ0v) is 9.64. The van der Waals surface area contributed by atoms with Crippen molar-refractivity contribution in [2.75, 3.05) is 0 Å². The molecule has 1 aromatic carbocycles. The van der Waals surface area contributed by atoms with E-state index in [1.165, 1.54) is 0 Å². The van der Waals surface area contributed by atoms with Crippen molar-refractivity contribution < 1.29 is 14.7 Å². The lowest BCUT2D eigenvalue weighted by molar-refractivity contribution is -0.149. The molecule has 0 radical (unpaired) electrons. The minimum absolute atomic E-state index is 0.166. The van der Waals surface area contributed by atoms with E-state index in [9.17, 15) is 9.59 Å². The van der Waals surface area contributed by atoms with E-state index in [0.29, 0.717) is 12.8 Å². The fraction of sp³-hybridized carbons (Fsp3) is 0.385. The van der Waals surface area contributed by atoms with Crippen LogP contribution in [-0.4, -0.2) is 17.0 Å². The Kier molecular flexibility index (Phi) is 2.88. The molecule has 1 aliphatic rings. The lowest BCUT2D eigenvalue weighted by Gasteiger charge is -2.17. The van der Waals surface area contributed by atoms with Crippen LogP contribution in [0.3, 0.4) is 0 Å². The summed E-state index contributed by atoms with van der Waals surface area (Å²) in [5.74, 6) is -1.39. The first-order valence-electron chi connectivity index (χ1n) is 5.65. The summed E-state index contributed by atoms with van der Waals surface area (Å²) in [7, 11) is 0. The van der Waals surface area contributed by atoms with Gasteiger partial charge in [0.1, 0.15) is 5.41 Å². The molecule has 1 unspecified atom stereocenters. The van der Waals surface area contributed by atoms with Crippen LogP contribution >= 0.6 is 0 Å². The molecule has 4 heteroatoms. The van der Waals surface area contributed by atoms with Gasteiger partial charge in [0.05, 0.1) is 6.04 Å². The average Bonchev–Trinajstić information content (AvgIpc) is 3.11. The number of benzene rings is 1. The third-order valence-corrected chi connectivity index (χ3v) is 3.24. The third kappa shape index (κ3) is 2.16. The first-order valence-corrected chi connectivity index (χ1v) is 5.65. The molecule has 2 N–H and O–H groups in total. The Hall–Kier alpha value is -1.84. The monoisotopic (exact) mass is 233 g/mol. The molecule has 1 amide bonds. The van der Waals surface area contributed by atoms with Crippen molar-refractivity contribution >= 4 is 11.9 Å². The normalized spacial score (nSPS) is 18.2. The summed E-state index contributed by atoms with van der Waals surface area (Å²) in [5, 5.41) is 11.8. The first kappa shape index (κ1) is 11.6. The Morgan fingerprint density at radius 3 is 2.35 bits per heavy atom. The second-order valence-corrected chi connectivity index (χ2v) is 4.49. The topological polar surface area (TPSA) is 66.4 Å². The molecule has 1 aliphatic carbocycles. The van der Waals surface area contributed by atoms with Crippen LogP contribution in [0.4, 0.5) is 0 Å². The maximum atomic E-state index is 11.9. The van der Waals surface area contributed by atoms with Crippen LogP contribution in [-0.2, 0) is 9.59 Å². The lowest BCUT2D eigenvalue weighted by Crippen LogP contribution is -2.38. The van der Waals surface area contributed by atoms with Gasteiger partial charge in [0.2, 0.25) is 5.91 Å². The van der Waals surface area contributed by atoms with Gasteiger partial charge in [-0.15, -0.1) is 0 Å². The number of aliphatic carboxylic acids is 1. The van der Waals surface area contributed by atoms with Crippen molar-refractivity contribution in [2.45, 2.75) is 25.8 Å². The van der Waals surface area contributed by atoms with E-state index >= 15 is 0 Å². The zero-order valence-electron chi connectivity index (χ0n) is 9.64. The van der Waals surface area contributed by atoms with Crippen molar-refractivity contribution in [2.24, 2.45) is 5.41 Å². The van der Waals surface area contributed by atoms with Gasteiger partial charge in [-0.25, -0.2) is 0 Å². The van der Waals surface area contributed by atoms with E-state index in [1.807, 2.05) is 37.3 Å². The predicted molar refractivity (Wildman–Crippen MR) is 62.3 cm³/mol. The summed E-state index contributed by atoms with van der Waals surface area (Å²) in [4.78, 5) is 22.8. The van der Waals surface area contributed by atoms with Crippen molar-refractivity contribution in [3.05, 3.63) is 35.9 Å². The number of rotatable bonds is 4. The highest BCUT2D eigenvalue weighted by Crippen LogP contribution is 2.46. The highest BCUT2D eigenvalue weighted by atomic mass is 16.4. The van der Waals surface area contributed by atoms with Crippen LogP contribution < -0.4 is 5.32 Å². The number of carboxylic acids is 1. The number of amides is 1. The number of carbonyl (C=O) groups is 2. The molecule has 1 aromatic rings. The number of carbonyl (C=O) groups excluding carboxylic acids is 1. The van der Waals surface area contributed by atoms with E-state index in [-0.39, 0.29) is 11.9 Å². The molecule has 4 nitrogen and oxygen atoms in total. The molecule has 0 aromatic heterocycles. The summed E-state index contributed by atoms with van der Waals surface area (Å²) >= 11 is 0. The van der Waals surface area contributed by atoms with Gasteiger partial charge in [0, 0.05) is 0 Å². The van der Waals surface area contributed by atoms with Crippen molar-refractivity contribution in [1.29, 1.82) is 0 Å². The average molecular weight is 233 g/mol. The minimum Gasteiger partial charge on any atom is -0.480 e. The van der Waals surface area contributed by atoms with Crippen LogP contribution in [0.1, 0.15) is 31.4 Å². The zero-order chi connectivity index (χ0) is 12.5. The van der Waals surface area contributed by atoms with Crippen LogP contribution in [0.5, 0.6) is 0 Å². The summed E-state index contributed by atoms with van der Waals surface area (Å²) in [6.07, 6.45) is 0.880. The molecular formula is C13H15NO3. The summed E-state index contributed by atoms with van der Waals surface area (Å²) in [6, 6.07) is 9.33. The maximum absolute atomic E-state index is 11.9. The number of nitrogens with one attached hydrogen (secondary N) is 1. The fourth-order valence-corrected chi connectivity index (χ4v) is 1.82. The van der Waals surface area contributed by atoms with E-state index in [2.05, 4.69) is 5.32 Å². The van der Waals surface area contributed by atoms with Gasteiger partial charge in [-0.3, -0.25) is 9.59 Å². The smallest absolute Gasteiger partial charge is 0.319 e. The predicted octanol–water partition coefficient (Wildman–Crippen LogP) is 1.73.